The number of benzene rings is 2. The first-order chi connectivity index (χ1) is 12.5. The fourth-order valence-corrected chi connectivity index (χ4v) is 4.49. The third kappa shape index (κ3) is 6.26. The van der Waals surface area contributed by atoms with Crippen LogP contribution in [0.3, 0.4) is 0 Å². The van der Waals surface area contributed by atoms with Gasteiger partial charge >= 0.3 is 8.25 Å². The maximum atomic E-state index is 12.1. The molecule has 2 rings (SSSR count). The van der Waals surface area contributed by atoms with Gasteiger partial charge in [0.05, 0.1) is 35.8 Å². The Morgan fingerprint density at radius 2 is 1.08 bits per heavy atom. The second kappa shape index (κ2) is 10.5. The number of hydrogen-bond acceptors (Lipinski definition) is 7. The van der Waals surface area contributed by atoms with Gasteiger partial charge in [0.15, 0.2) is 11.9 Å². The molecule has 0 saturated heterocycles. The Balaban J connectivity index is 1.77. The van der Waals surface area contributed by atoms with Gasteiger partial charge < -0.3 is 9.47 Å². The van der Waals surface area contributed by atoms with Crippen LogP contribution in [0.1, 0.15) is 0 Å². The van der Waals surface area contributed by atoms with Gasteiger partial charge in [-0.2, -0.15) is 0 Å². The van der Waals surface area contributed by atoms with E-state index >= 15 is 0 Å². The van der Waals surface area contributed by atoms with Gasteiger partial charge in [-0.25, -0.2) is 0 Å². The molecule has 0 aliphatic carbocycles. The van der Waals surface area contributed by atoms with E-state index in [4.69, 9.17) is 18.5 Å². The van der Waals surface area contributed by atoms with Crippen LogP contribution >= 0.6 is 8.25 Å². The van der Waals surface area contributed by atoms with E-state index in [0.29, 0.717) is 21.3 Å². The zero-order valence-corrected chi connectivity index (χ0v) is 16.7. The lowest BCUT2D eigenvalue weighted by atomic mass is 10.3. The summed E-state index contributed by atoms with van der Waals surface area (Å²) in [5, 5.41) is 0. The van der Waals surface area contributed by atoms with Crippen molar-refractivity contribution < 1.29 is 31.5 Å². The molecular weight excluding hydrogens is 399 g/mol. The average Bonchev–Trinajstić information content (AvgIpc) is 2.70. The third-order valence-corrected chi connectivity index (χ3v) is 6.46. The van der Waals surface area contributed by atoms with Crippen LogP contribution in [0.15, 0.2) is 58.3 Å². The summed E-state index contributed by atoms with van der Waals surface area (Å²) in [4.78, 5) is 1.02. The van der Waals surface area contributed by atoms with E-state index in [1.165, 1.54) is 14.2 Å². The van der Waals surface area contributed by atoms with E-state index in [2.05, 4.69) is 0 Å². The Kier molecular flexibility index (Phi) is 8.34. The summed E-state index contributed by atoms with van der Waals surface area (Å²) >= 11 is 0. The molecule has 0 fully saturated rings. The van der Waals surface area contributed by atoms with E-state index < -0.39 is 29.9 Å². The molecule has 2 aromatic rings. The Hall–Kier alpha value is -1.64. The molecule has 140 valence electrons. The maximum absolute atomic E-state index is 12.1. The first kappa shape index (κ1) is 20.7. The van der Waals surface area contributed by atoms with Crippen molar-refractivity contribution >= 4 is 29.9 Å². The smallest absolute Gasteiger partial charge is 0.497 e. The minimum Gasteiger partial charge on any atom is -0.497 e. The quantitative estimate of drug-likeness (QED) is 0.549. The molecule has 0 aliphatic rings. The highest BCUT2D eigenvalue weighted by Gasteiger charge is 2.24. The summed E-state index contributed by atoms with van der Waals surface area (Å²) in [5.41, 5.74) is 0. The van der Waals surface area contributed by atoms with E-state index in [0.717, 1.165) is 0 Å². The minimum absolute atomic E-state index is 0.295. The summed E-state index contributed by atoms with van der Waals surface area (Å²) in [6, 6.07) is 13.2. The monoisotopic (exact) mass is 417 g/mol. The third-order valence-electron chi connectivity index (χ3n) is 3.17. The molecule has 7 nitrogen and oxygen atoms in total. The molecule has 0 bridgehead atoms. The molecule has 0 amide bonds. The molecular formula is C16H18O7PS2+. The molecule has 0 aromatic heterocycles. The van der Waals surface area contributed by atoms with Gasteiger partial charge in [-0.1, -0.05) is 0 Å². The van der Waals surface area contributed by atoms with Crippen LogP contribution in [0.25, 0.3) is 0 Å². The second-order valence-electron chi connectivity index (χ2n) is 4.76. The number of methoxy groups -OCH3 is 2. The molecule has 0 spiro atoms. The van der Waals surface area contributed by atoms with Crippen molar-refractivity contribution in [1.82, 2.24) is 0 Å². The van der Waals surface area contributed by atoms with E-state index in [1.54, 1.807) is 48.5 Å². The van der Waals surface area contributed by atoms with Gasteiger partial charge in [0.2, 0.25) is 0 Å². The zero-order chi connectivity index (χ0) is 18.9. The van der Waals surface area contributed by atoms with Crippen molar-refractivity contribution in [2.45, 2.75) is 9.79 Å². The highest BCUT2D eigenvalue weighted by molar-refractivity contribution is 7.85. The molecule has 26 heavy (non-hydrogen) atoms. The number of rotatable bonds is 10. The highest BCUT2D eigenvalue weighted by Crippen LogP contribution is 2.26. The van der Waals surface area contributed by atoms with E-state index in [9.17, 15) is 13.0 Å². The van der Waals surface area contributed by atoms with Crippen molar-refractivity contribution in [2.75, 3.05) is 26.1 Å². The predicted octanol–water partition coefficient (Wildman–Crippen LogP) is 3.22. The molecule has 10 heteroatoms. The molecule has 2 atom stereocenters. The topological polar surface area (TPSA) is 88.1 Å². The van der Waals surface area contributed by atoms with Crippen molar-refractivity contribution in [3.63, 3.8) is 0 Å². The van der Waals surface area contributed by atoms with Crippen LogP contribution in [0.5, 0.6) is 11.5 Å². The van der Waals surface area contributed by atoms with Crippen molar-refractivity contribution in [1.29, 1.82) is 0 Å². The lowest BCUT2D eigenvalue weighted by molar-refractivity contribution is 0.280. The zero-order valence-electron chi connectivity index (χ0n) is 14.2. The van der Waals surface area contributed by atoms with Crippen LogP contribution in [-0.2, 0) is 35.2 Å². The largest absolute Gasteiger partial charge is 0.699 e. The SMILES string of the molecule is COc1ccc([S@](=O)CO[P+](=O)OC[S@@](=O)c2ccc(OC)cc2)cc1. The molecule has 0 heterocycles. The fraction of sp³-hybridized carbons (Fsp3) is 0.250. The van der Waals surface area contributed by atoms with E-state index in [1.807, 2.05) is 0 Å². The predicted molar refractivity (Wildman–Crippen MR) is 98.3 cm³/mol. The Morgan fingerprint density at radius 1 is 0.731 bits per heavy atom. The Morgan fingerprint density at radius 3 is 1.38 bits per heavy atom. The van der Waals surface area contributed by atoms with Crippen molar-refractivity contribution in [3.05, 3.63) is 48.5 Å². The maximum Gasteiger partial charge on any atom is 0.699 e. The molecule has 0 saturated carbocycles. The first-order valence-electron chi connectivity index (χ1n) is 7.31. The lowest BCUT2D eigenvalue weighted by Gasteiger charge is -2.02. The summed E-state index contributed by atoms with van der Waals surface area (Å²) in [5.74, 6) is 0.692. The standard InChI is InChI=1S/C16H18O7PS2/c1-20-13-3-7-15(8-4-13)25(18)11-22-24(17)23-12-26(19)16-9-5-14(21-2)6-10-16/h3-10H,11-12H2,1-2H3/q+1/t25-,26-/m1/s1. The number of ether oxygens (including phenoxy) is 2. The van der Waals surface area contributed by atoms with Crippen molar-refractivity contribution in [3.8, 4) is 11.5 Å². The summed E-state index contributed by atoms with van der Waals surface area (Å²) < 4.78 is 55.7. The lowest BCUT2D eigenvalue weighted by Crippen LogP contribution is -2.02. The normalized spacial score (nSPS) is 13.0. The van der Waals surface area contributed by atoms with Crippen molar-refractivity contribution in [2.24, 2.45) is 0 Å². The molecule has 0 aliphatic heterocycles. The Bertz CT molecular complexity index is 713. The second-order valence-corrected chi connectivity index (χ2v) is 8.52. The summed E-state index contributed by atoms with van der Waals surface area (Å²) in [6.07, 6.45) is 0. The van der Waals surface area contributed by atoms with Gasteiger partial charge in [-0.15, -0.1) is 9.05 Å². The summed E-state index contributed by atoms with van der Waals surface area (Å²) in [6.45, 7) is 0. The van der Waals surface area contributed by atoms with Crippen LogP contribution in [0.4, 0.5) is 0 Å². The Labute approximate surface area is 157 Å². The highest BCUT2D eigenvalue weighted by atomic mass is 32.2. The van der Waals surface area contributed by atoms with Gasteiger partial charge in [0, 0.05) is 14.4 Å². The minimum atomic E-state index is -2.53. The first-order valence-corrected chi connectivity index (χ1v) is 11.0. The van der Waals surface area contributed by atoms with Gasteiger partial charge in [-0.3, -0.25) is 8.42 Å². The molecule has 0 N–H and O–H groups in total. The van der Waals surface area contributed by atoms with Gasteiger partial charge in [0.25, 0.3) is 0 Å². The van der Waals surface area contributed by atoms with E-state index in [-0.39, 0.29) is 11.9 Å². The van der Waals surface area contributed by atoms with Crippen LogP contribution in [0, 0.1) is 0 Å². The van der Waals surface area contributed by atoms with Crippen LogP contribution < -0.4 is 9.47 Å². The van der Waals surface area contributed by atoms with Crippen LogP contribution in [-0.4, -0.2) is 34.5 Å². The van der Waals surface area contributed by atoms with Gasteiger partial charge in [-0.05, 0) is 48.5 Å². The molecule has 0 unspecified atom stereocenters. The van der Waals surface area contributed by atoms with Gasteiger partial charge in [0.1, 0.15) is 11.5 Å². The summed E-state index contributed by atoms with van der Waals surface area (Å²) in [7, 11) is -2.46. The number of hydrogen-bond donors (Lipinski definition) is 0. The molecule has 0 radical (unpaired) electrons. The average molecular weight is 417 g/mol. The fourth-order valence-electron chi connectivity index (χ4n) is 1.81. The molecule has 2 aromatic carbocycles. The van der Waals surface area contributed by atoms with Crippen LogP contribution in [0.2, 0.25) is 0 Å².